The van der Waals surface area contributed by atoms with Gasteiger partial charge in [0.1, 0.15) is 6.10 Å². The molecular weight excluding hydrogens is 250 g/mol. The van der Waals surface area contributed by atoms with Crippen LogP contribution in [-0.2, 0) is 4.74 Å². The summed E-state index contributed by atoms with van der Waals surface area (Å²) in [6.07, 6.45) is 6.52. The van der Waals surface area contributed by atoms with Gasteiger partial charge >= 0.3 is 0 Å². The van der Waals surface area contributed by atoms with Crippen molar-refractivity contribution in [3.05, 3.63) is 42.1 Å². The van der Waals surface area contributed by atoms with Crippen LogP contribution in [0.15, 0.2) is 36.5 Å². The molecule has 3 rings (SSSR count). The highest BCUT2D eigenvalue weighted by Gasteiger charge is 2.40. The summed E-state index contributed by atoms with van der Waals surface area (Å²) in [5.74, 6) is 0. The van der Waals surface area contributed by atoms with Gasteiger partial charge in [-0.2, -0.15) is 0 Å². The fourth-order valence-corrected chi connectivity index (χ4v) is 3.30. The number of nitrogens with zero attached hydrogens (tertiary/aromatic N) is 1. The number of ether oxygens (including phenoxy) is 1. The van der Waals surface area contributed by atoms with Gasteiger partial charge in [-0.05, 0) is 30.5 Å². The molecule has 1 saturated carbocycles. The molecule has 2 aromatic rings. The number of benzene rings is 1. The summed E-state index contributed by atoms with van der Waals surface area (Å²) in [6.45, 7) is 0. The third kappa shape index (κ3) is 2.32. The van der Waals surface area contributed by atoms with Gasteiger partial charge in [0.25, 0.3) is 0 Å². The van der Waals surface area contributed by atoms with Crippen LogP contribution in [0.3, 0.4) is 0 Å². The maximum atomic E-state index is 10.8. The van der Waals surface area contributed by atoms with Crippen molar-refractivity contribution in [3.8, 4) is 0 Å². The average Bonchev–Trinajstić information content (AvgIpc) is 2.54. The van der Waals surface area contributed by atoms with Crippen LogP contribution in [0.2, 0.25) is 0 Å². The molecule has 1 aromatic carbocycles. The number of aliphatic hydroxyl groups excluding tert-OH is 1. The zero-order valence-corrected chi connectivity index (χ0v) is 11.9. The second-order valence-electron chi connectivity index (χ2n) is 5.69. The first kappa shape index (κ1) is 13.5. The predicted octanol–water partition coefficient (Wildman–Crippen LogP) is 3.62. The lowest BCUT2D eigenvalue weighted by molar-refractivity contribution is -0.125. The van der Waals surface area contributed by atoms with Crippen LogP contribution in [-0.4, -0.2) is 22.8 Å². The van der Waals surface area contributed by atoms with Gasteiger partial charge in [-0.1, -0.05) is 37.5 Å². The van der Waals surface area contributed by atoms with Gasteiger partial charge in [0.2, 0.25) is 0 Å². The van der Waals surface area contributed by atoms with Crippen LogP contribution < -0.4 is 0 Å². The highest BCUT2D eigenvalue weighted by Crippen LogP contribution is 2.41. The van der Waals surface area contributed by atoms with E-state index in [1.807, 2.05) is 30.3 Å². The van der Waals surface area contributed by atoms with Crippen molar-refractivity contribution >= 4 is 10.9 Å². The van der Waals surface area contributed by atoms with Gasteiger partial charge in [-0.25, -0.2) is 0 Å². The molecule has 0 radical (unpaired) electrons. The van der Waals surface area contributed by atoms with Gasteiger partial charge in [-0.15, -0.1) is 0 Å². The summed E-state index contributed by atoms with van der Waals surface area (Å²) in [5, 5.41) is 11.9. The lowest BCUT2D eigenvalue weighted by Crippen LogP contribution is -2.40. The molecule has 1 heterocycles. The molecule has 0 spiro atoms. The molecule has 1 atom stereocenters. The summed E-state index contributed by atoms with van der Waals surface area (Å²) in [4.78, 5) is 4.37. The zero-order chi connectivity index (χ0) is 14.0. The van der Waals surface area contributed by atoms with E-state index in [1.165, 1.54) is 6.42 Å². The number of aromatic nitrogens is 1. The van der Waals surface area contributed by atoms with Crippen molar-refractivity contribution in [2.24, 2.45) is 0 Å². The van der Waals surface area contributed by atoms with E-state index in [1.54, 1.807) is 13.3 Å². The molecule has 1 unspecified atom stereocenters. The second kappa shape index (κ2) is 5.51. The Balaban J connectivity index is 1.96. The van der Waals surface area contributed by atoms with E-state index in [-0.39, 0.29) is 0 Å². The predicted molar refractivity (Wildman–Crippen MR) is 79.5 cm³/mol. The number of aliphatic hydroxyl groups is 1. The highest BCUT2D eigenvalue weighted by molar-refractivity contribution is 5.79. The molecule has 1 N–H and O–H groups in total. The molecular formula is C17H21NO2. The van der Waals surface area contributed by atoms with Crippen LogP contribution in [0.4, 0.5) is 0 Å². The number of pyridine rings is 1. The van der Waals surface area contributed by atoms with Crippen molar-refractivity contribution in [3.63, 3.8) is 0 Å². The van der Waals surface area contributed by atoms with E-state index < -0.39 is 11.7 Å². The number of methoxy groups -OCH3 is 1. The minimum atomic E-state index is -0.584. The van der Waals surface area contributed by atoms with E-state index in [2.05, 4.69) is 4.98 Å². The Morgan fingerprint density at radius 3 is 2.75 bits per heavy atom. The smallest absolute Gasteiger partial charge is 0.108 e. The quantitative estimate of drug-likeness (QED) is 0.927. The van der Waals surface area contributed by atoms with E-state index >= 15 is 0 Å². The van der Waals surface area contributed by atoms with E-state index in [0.29, 0.717) is 0 Å². The van der Waals surface area contributed by atoms with Crippen molar-refractivity contribution in [1.82, 2.24) is 4.98 Å². The minimum absolute atomic E-state index is 0.430. The van der Waals surface area contributed by atoms with Crippen LogP contribution in [0.1, 0.15) is 43.8 Å². The van der Waals surface area contributed by atoms with Crippen LogP contribution >= 0.6 is 0 Å². The summed E-state index contributed by atoms with van der Waals surface area (Å²) >= 11 is 0. The van der Waals surface area contributed by atoms with Crippen LogP contribution in [0, 0.1) is 0 Å². The molecule has 0 amide bonds. The zero-order valence-electron chi connectivity index (χ0n) is 11.9. The molecule has 20 heavy (non-hydrogen) atoms. The highest BCUT2D eigenvalue weighted by atomic mass is 16.5. The van der Waals surface area contributed by atoms with Crippen molar-refractivity contribution < 1.29 is 9.84 Å². The molecule has 1 aliphatic rings. The molecule has 0 bridgehead atoms. The first-order valence-corrected chi connectivity index (χ1v) is 7.33. The third-order valence-electron chi connectivity index (χ3n) is 4.55. The molecule has 1 aromatic heterocycles. The topological polar surface area (TPSA) is 42.4 Å². The van der Waals surface area contributed by atoms with Crippen LogP contribution in [0.25, 0.3) is 10.9 Å². The average molecular weight is 271 g/mol. The molecule has 1 fully saturated rings. The largest absolute Gasteiger partial charge is 0.385 e. The van der Waals surface area contributed by atoms with Gasteiger partial charge < -0.3 is 9.84 Å². The molecule has 106 valence electrons. The molecule has 3 heteroatoms. The summed E-state index contributed by atoms with van der Waals surface area (Å²) in [6, 6.07) is 9.95. The lowest BCUT2D eigenvalue weighted by Gasteiger charge is -2.40. The number of fused-ring (bicyclic) bond motifs is 1. The molecule has 0 aliphatic heterocycles. The Labute approximate surface area is 119 Å². The lowest BCUT2D eigenvalue weighted by atomic mass is 9.78. The Morgan fingerprint density at radius 2 is 2.00 bits per heavy atom. The maximum absolute atomic E-state index is 10.8. The second-order valence-corrected chi connectivity index (χ2v) is 5.69. The Kier molecular flexibility index (Phi) is 3.72. The van der Waals surface area contributed by atoms with E-state index in [4.69, 9.17) is 4.74 Å². The number of hydrogen-bond donors (Lipinski definition) is 1. The standard InChI is InChI=1S/C17H21NO2/c1-20-17(9-3-2-4-10-17)16(19)14-8-7-13-6-5-11-18-15(13)12-14/h5-8,11-12,16,19H,2-4,9-10H2,1H3. The third-order valence-corrected chi connectivity index (χ3v) is 4.55. The summed E-state index contributed by atoms with van der Waals surface area (Å²) < 4.78 is 5.74. The van der Waals surface area contributed by atoms with E-state index in [9.17, 15) is 5.11 Å². The molecule has 3 nitrogen and oxygen atoms in total. The maximum Gasteiger partial charge on any atom is 0.108 e. The van der Waals surface area contributed by atoms with Gasteiger partial charge in [0, 0.05) is 18.7 Å². The number of hydrogen-bond acceptors (Lipinski definition) is 3. The van der Waals surface area contributed by atoms with E-state index in [0.717, 1.165) is 42.1 Å². The Hall–Kier alpha value is -1.45. The fourth-order valence-electron chi connectivity index (χ4n) is 3.30. The first-order chi connectivity index (χ1) is 9.75. The van der Waals surface area contributed by atoms with Crippen LogP contribution in [0.5, 0.6) is 0 Å². The minimum Gasteiger partial charge on any atom is -0.385 e. The molecule has 1 aliphatic carbocycles. The Bertz CT molecular complexity index is 590. The monoisotopic (exact) mass is 271 g/mol. The number of rotatable bonds is 3. The first-order valence-electron chi connectivity index (χ1n) is 7.33. The normalized spacial score (nSPS) is 19.9. The van der Waals surface area contributed by atoms with Gasteiger partial charge in [0.15, 0.2) is 0 Å². The van der Waals surface area contributed by atoms with Crippen molar-refractivity contribution in [2.75, 3.05) is 7.11 Å². The summed E-state index contributed by atoms with van der Waals surface area (Å²) in [7, 11) is 1.72. The summed E-state index contributed by atoms with van der Waals surface area (Å²) in [5.41, 5.74) is 1.40. The fraction of sp³-hybridized carbons (Fsp3) is 0.471. The SMILES string of the molecule is COC1(C(O)c2ccc3cccnc3c2)CCCCC1. The van der Waals surface area contributed by atoms with Crippen molar-refractivity contribution in [2.45, 2.75) is 43.8 Å². The Morgan fingerprint density at radius 1 is 1.20 bits per heavy atom. The van der Waals surface area contributed by atoms with Crippen molar-refractivity contribution in [1.29, 1.82) is 0 Å². The van der Waals surface area contributed by atoms with Gasteiger partial charge in [-0.3, -0.25) is 4.98 Å². The molecule has 0 saturated heterocycles. The van der Waals surface area contributed by atoms with Gasteiger partial charge in [0.05, 0.1) is 11.1 Å².